The Balaban J connectivity index is 1.59. The number of nitrogens with zero attached hydrogens (tertiary/aromatic N) is 3. The van der Waals surface area contributed by atoms with E-state index in [4.69, 9.17) is 4.98 Å². The molecule has 3 heteroatoms. The van der Waals surface area contributed by atoms with E-state index in [1.165, 1.54) is 69.8 Å². The first kappa shape index (κ1) is 10.8. The molecular weight excluding hydrogens is 222 g/mol. The summed E-state index contributed by atoms with van der Waals surface area (Å²) in [6.07, 6.45) is 7.46. The zero-order valence-electron chi connectivity index (χ0n) is 10.9. The highest BCUT2D eigenvalue weighted by Crippen LogP contribution is 2.43. The Morgan fingerprint density at radius 1 is 1.00 bits per heavy atom. The molecule has 3 fully saturated rings. The maximum atomic E-state index is 4.72. The highest BCUT2D eigenvalue weighted by molar-refractivity contribution is 5.42. The summed E-state index contributed by atoms with van der Waals surface area (Å²) in [5.41, 5.74) is 1.92. The van der Waals surface area contributed by atoms with Gasteiger partial charge in [0.15, 0.2) is 0 Å². The van der Waals surface area contributed by atoms with Crippen molar-refractivity contribution < 1.29 is 0 Å². The van der Waals surface area contributed by atoms with Crippen LogP contribution >= 0.6 is 0 Å². The molecule has 3 saturated heterocycles. The quantitative estimate of drug-likeness (QED) is 0.792. The number of pyridine rings is 1. The van der Waals surface area contributed by atoms with Crippen LogP contribution in [0.3, 0.4) is 0 Å². The van der Waals surface area contributed by atoms with Crippen molar-refractivity contribution in [3.63, 3.8) is 0 Å². The molecule has 18 heavy (non-hydrogen) atoms. The van der Waals surface area contributed by atoms with Gasteiger partial charge in [0, 0.05) is 31.2 Å². The van der Waals surface area contributed by atoms with Gasteiger partial charge in [-0.2, -0.15) is 0 Å². The molecule has 0 aliphatic carbocycles. The van der Waals surface area contributed by atoms with Crippen LogP contribution in [0.2, 0.25) is 0 Å². The summed E-state index contributed by atoms with van der Waals surface area (Å²) in [4.78, 5) is 9.73. The molecule has 4 rings (SSSR count). The van der Waals surface area contributed by atoms with Crippen LogP contribution in [0.1, 0.15) is 31.2 Å². The van der Waals surface area contributed by atoms with E-state index in [1.807, 2.05) is 0 Å². The van der Waals surface area contributed by atoms with Crippen LogP contribution in [-0.2, 0) is 5.41 Å². The minimum absolute atomic E-state index is 0.441. The van der Waals surface area contributed by atoms with Crippen molar-refractivity contribution in [2.45, 2.75) is 31.1 Å². The fourth-order valence-electron chi connectivity index (χ4n) is 3.94. The second-order valence-electron chi connectivity index (χ2n) is 6.16. The van der Waals surface area contributed by atoms with Crippen molar-refractivity contribution in [3.05, 3.63) is 23.9 Å². The number of rotatable bonds is 2. The second-order valence-corrected chi connectivity index (χ2v) is 6.16. The van der Waals surface area contributed by atoms with Crippen LogP contribution in [0.4, 0.5) is 5.82 Å². The molecule has 0 atom stereocenters. The maximum Gasteiger partial charge on any atom is 0.128 e. The van der Waals surface area contributed by atoms with E-state index in [0.717, 1.165) is 0 Å². The highest BCUT2D eigenvalue weighted by Gasteiger charge is 2.44. The summed E-state index contributed by atoms with van der Waals surface area (Å²) < 4.78 is 0. The van der Waals surface area contributed by atoms with Crippen LogP contribution in [0.15, 0.2) is 18.3 Å². The summed E-state index contributed by atoms with van der Waals surface area (Å²) in [5, 5.41) is 0. The molecule has 0 unspecified atom stereocenters. The predicted octanol–water partition coefficient (Wildman–Crippen LogP) is 2.03. The first-order chi connectivity index (χ1) is 8.86. The molecule has 4 heterocycles. The molecule has 3 aliphatic heterocycles. The Kier molecular flexibility index (Phi) is 2.37. The van der Waals surface area contributed by atoms with Gasteiger partial charge in [-0.3, -0.25) is 0 Å². The Bertz CT molecular complexity index is 426. The lowest BCUT2D eigenvalue weighted by atomic mass is 9.79. The molecule has 0 spiro atoms. The topological polar surface area (TPSA) is 19.4 Å². The number of anilines is 1. The molecule has 0 saturated carbocycles. The normalized spacial score (nSPS) is 34.4. The van der Waals surface area contributed by atoms with Gasteiger partial charge in [0.1, 0.15) is 5.82 Å². The van der Waals surface area contributed by atoms with Gasteiger partial charge in [-0.15, -0.1) is 0 Å². The first-order valence-corrected chi connectivity index (χ1v) is 7.30. The van der Waals surface area contributed by atoms with Crippen molar-refractivity contribution in [2.75, 3.05) is 37.6 Å². The third kappa shape index (κ3) is 1.57. The fourth-order valence-corrected chi connectivity index (χ4v) is 3.94. The molecule has 0 aromatic carbocycles. The Morgan fingerprint density at radius 2 is 1.78 bits per heavy atom. The summed E-state index contributed by atoms with van der Waals surface area (Å²) in [6.45, 7) is 6.20. The number of hydrogen-bond donors (Lipinski definition) is 0. The largest absolute Gasteiger partial charge is 0.357 e. The Labute approximate surface area is 109 Å². The SMILES string of the molecule is c1cc(N2CCCC2)ncc1C12CCN(CC1)C2. The van der Waals surface area contributed by atoms with Crippen LogP contribution in [0.25, 0.3) is 0 Å². The van der Waals surface area contributed by atoms with E-state index in [2.05, 4.69) is 28.1 Å². The van der Waals surface area contributed by atoms with Gasteiger partial charge in [-0.1, -0.05) is 6.07 Å². The lowest BCUT2D eigenvalue weighted by Crippen LogP contribution is -2.25. The molecular formula is C15H21N3. The zero-order valence-corrected chi connectivity index (χ0v) is 10.9. The Hall–Kier alpha value is -1.09. The monoisotopic (exact) mass is 243 g/mol. The zero-order chi connectivity index (χ0) is 12.0. The van der Waals surface area contributed by atoms with Crippen molar-refractivity contribution in [3.8, 4) is 0 Å². The molecule has 2 bridgehead atoms. The second kappa shape index (κ2) is 3.95. The van der Waals surface area contributed by atoms with Crippen molar-refractivity contribution >= 4 is 5.82 Å². The van der Waals surface area contributed by atoms with Crippen molar-refractivity contribution in [1.82, 2.24) is 9.88 Å². The van der Waals surface area contributed by atoms with Crippen LogP contribution in [0.5, 0.6) is 0 Å². The van der Waals surface area contributed by atoms with Crippen LogP contribution in [-0.4, -0.2) is 42.6 Å². The van der Waals surface area contributed by atoms with Gasteiger partial charge in [0.2, 0.25) is 0 Å². The summed E-state index contributed by atoms with van der Waals surface area (Å²) >= 11 is 0. The third-order valence-corrected chi connectivity index (χ3v) is 5.13. The fraction of sp³-hybridized carbons (Fsp3) is 0.667. The van der Waals surface area contributed by atoms with E-state index in [1.54, 1.807) is 0 Å². The van der Waals surface area contributed by atoms with Gasteiger partial charge in [-0.25, -0.2) is 4.98 Å². The molecule has 96 valence electrons. The number of hydrogen-bond acceptors (Lipinski definition) is 3. The summed E-state index contributed by atoms with van der Waals surface area (Å²) in [5.74, 6) is 1.18. The van der Waals surface area contributed by atoms with E-state index < -0.39 is 0 Å². The smallest absolute Gasteiger partial charge is 0.128 e. The molecule has 0 radical (unpaired) electrons. The van der Waals surface area contributed by atoms with Crippen molar-refractivity contribution in [2.24, 2.45) is 0 Å². The lowest BCUT2D eigenvalue weighted by molar-refractivity contribution is 0.364. The molecule has 0 N–H and O–H groups in total. The van der Waals surface area contributed by atoms with Crippen LogP contribution in [0, 0.1) is 0 Å². The van der Waals surface area contributed by atoms with Crippen molar-refractivity contribution in [1.29, 1.82) is 0 Å². The minimum atomic E-state index is 0.441. The van der Waals surface area contributed by atoms with Gasteiger partial charge < -0.3 is 9.80 Å². The summed E-state index contributed by atoms with van der Waals surface area (Å²) in [6, 6.07) is 4.59. The van der Waals surface area contributed by atoms with Gasteiger partial charge >= 0.3 is 0 Å². The highest BCUT2D eigenvalue weighted by atomic mass is 15.2. The summed E-state index contributed by atoms with van der Waals surface area (Å²) in [7, 11) is 0. The van der Waals surface area contributed by atoms with Gasteiger partial charge in [-0.05, 0) is 50.4 Å². The molecule has 1 aromatic heterocycles. The van der Waals surface area contributed by atoms with Crippen LogP contribution < -0.4 is 4.90 Å². The minimum Gasteiger partial charge on any atom is -0.357 e. The van der Waals surface area contributed by atoms with E-state index in [0.29, 0.717) is 5.41 Å². The average molecular weight is 243 g/mol. The molecule has 0 amide bonds. The van der Waals surface area contributed by atoms with Gasteiger partial charge in [0.25, 0.3) is 0 Å². The number of fused-ring (bicyclic) bond motifs is 2. The standard InChI is InChI=1S/C15H21N3/c1-2-8-18(7-1)14-4-3-13(11-16-14)15-5-9-17(12-15)10-6-15/h3-4,11H,1-2,5-10,12H2. The molecule has 3 aliphatic rings. The molecule has 1 aromatic rings. The average Bonchev–Trinajstić information content (AvgIpc) is 3.16. The van der Waals surface area contributed by atoms with E-state index in [-0.39, 0.29) is 0 Å². The van der Waals surface area contributed by atoms with E-state index >= 15 is 0 Å². The Morgan fingerprint density at radius 3 is 2.33 bits per heavy atom. The number of piperidine rings is 1. The first-order valence-electron chi connectivity index (χ1n) is 7.30. The third-order valence-electron chi connectivity index (χ3n) is 5.13. The lowest BCUT2D eigenvalue weighted by Gasteiger charge is -2.26. The molecule has 3 nitrogen and oxygen atoms in total. The predicted molar refractivity (Wildman–Crippen MR) is 73.0 cm³/mol. The van der Waals surface area contributed by atoms with E-state index in [9.17, 15) is 0 Å². The number of aromatic nitrogens is 1. The van der Waals surface area contributed by atoms with Gasteiger partial charge in [0.05, 0.1) is 0 Å². The maximum absolute atomic E-state index is 4.72.